The van der Waals surface area contributed by atoms with E-state index in [1.165, 1.54) is 18.9 Å². The maximum Gasteiger partial charge on any atom is 0.330 e. The monoisotopic (exact) mass is 433 g/mol. The number of fused-ring (bicyclic) bond motifs is 1. The molecule has 0 aromatic heterocycles. The van der Waals surface area contributed by atoms with Gasteiger partial charge in [-0.3, -0.25) is 9.59 Å². The van der Waals surface area contributed by atoms with Crippen LogP contribution in [-0.2, 0) is 19.1 Å². The molecule has 1 aromatic rings. The zero-order chi connectivity index (χ0) is 22.1. The number of hydrogen-bond donors (Lipinski definition) is 3. The van der Waals surface area contributed by atoms with E-state index in [1.807, 2.05) is 6.07 Å². The first-order chi connectivity index (χ1) is 14.2. The van der Waals surface area contributed by atoms with E-state index in [4.69, 9.17) is 15.0 Å². The molecule has 3 rings (SSSR count). The number of hydrogen-bond acceptors (Lipinski definition) is 8. The number of amides is 1. The van der Waals surface area contributed by atoms with Crippen LogP contribution in [0.1, 0.15) is 13.8 Å². The summed E-state index contributed by atoms with van der Waals surface area (Å²) in [6, 6.07) is 8.16. The second-order valence-electron chi connectivity index (χ2n) is 7.62. The molecule has 30 heavy (non-hydrogen) atoms. The van der Waals surface area contributed by atoms with Gasteiger partial charge in [0.2, 0.25) is 0 Å². The average Bonchev–Trinajstić information content (AvgIpc) is 2.93. The molecule has 1 saturated heterocycles. The molecule has 4 atom stereocenters. The molecule has 0 radical (unpaired) electrons. The van der Waals surface area contributed by atoms with E-state index in [-0.39, 0.29) is 12.2 Å². The van der Waals surface area contributed by atoms with Crippen molar-refractivity contribution in [3.63, 3.8) is 0 Å². The summed E-state index contributed by atoms with van der Waals surface area (Å²) in [6.45, 7) is 3.27. The Morgan fingerprint density at radius 3 is 2.53 bits per heavy atom. The van der Waals surface area contributed by atoms with E-state index in [1.54, 1.807) is 38.1 Å². The third-order valence-corrected chi connectivity index (χ3v) is 7.16. The molecule has 160 valence electrons. The number of nitrogens with zero attached hydrogens (tertiary/aromatic N) is 1. The highest BCUT2D eigenvalue weighted by Crippen LogP contribution is 2.65. The second-order valence-corrected chi connectivity index (χ2v) is 9.42. The topological polar surface area (TPSA) is 138 Å². The smallest absolute Gasteiger partial charge is 0.330 e. The molecule has 1 heterocycles. The van der Waals surface area contributed by atoms with Gasteiger partial charge in [-0.2, -0.15) is 5.11 Å². The van der Waals surface area contributed by atoms with E-state index in [0.29, 0.717) is 5.75 Å². The van der Waals surface area contributed by atoms with Crippen molar-refractivity contribution in [2.75, 3.05) is 13.7 Å². The fourth-order valence-electron chi connectivity index (χ4n) is 4.25. The van der Waals surface area contributed by atoms with Crippen LogP contribution in [0.5, 0.6) is 5.75 Å². The third-order valence-electron chi connectivity index (χ3n) is 5.44. The number of para-hydroxylation sites is 1. The van der Waals surface area contributed by atoms with Crippen LogP contribution in [0.2, 0.25) is 0 Å². The molecule has 1 amide bonds. The maximum absolute atomic E-state index is 12.5. The molecule has 1 aliphatic carbocycles. The van der Waals surface area contributed by atoms with Crippen LogP contribution in [0.4, 0.5) is 0 Å². The molecule has 0 spiro atoms. The minimum absolute atomic E-state index is 0.250. The Morgan fingerprint density at radius 1 is 1.30 bits per heavy atom. The highest BCUT2D eigenvalue weighted by Gasteiger charge is 2.74. The van der Waals surface area contributed by atoms with Crippen LogP contribution >= 0.6 is 11.8 Å². The minimum atomic E-state index is -1.42. The Labute approximate surface area is 177 Å². The van der Waals surface area contributed by atoms with Gasteiger partial charge in [-0.15, -0.1) is 11.8 Å². The standard InChI is InChI=1S/C20H23N3O6S/c1-19(2)16(18(26)27)20(23-21)12(9-14(25)28-3)15(17(20)30-19)22-13(24)10-29-11-7-5-4-6-8-11/h4-9,15-17,21H,10H2,1-3H3,(H,22,24)(H,26,27)/t15-,16+,17-,20?/m1/s1. The molecule has 1 aliphatic heterocycles. The number of methoxy groups -OCH3 is 1. The fourth-order valence-corrected chi connectivity index (χ4v) is 6.18. The molecule has 2 fully saturated rings. The normalized spacial score (nSPS) is 30.0. The number of carboxylic acids is 1. The molecule has 1 saturated carbocycles. The van der Waals surface area contributed by atoms with Gasteiger partial charge in [0.15, 0.2) is 6.61 Å². The molecule has 1 unspecified atom stereocenters. The lowest BCUT2D eigenvalue weighted by molar-refractivity contribution is -0.145. The molecule has 1 aromatic carbocycles. The molecule has 9 nitrogen and oxygen atoms in total. The summed E-state index contributed by atoms with van der Waals surface area (Å²) in [5.74, 6) is -2.76. The highest BCUT2D eigenvalue weighted by molar-refractivity contribution is 8.01. The predicted molar refractivity (Wildman–Crippen MR) is 108 cm³/mol. The van der Waals surface area contributed by atoms with Gasteiger partial charge < -0.3 is 19.9 Å². The van der Waals surface area contributed by atoms with E-state index in [2.05, 4.69) is 10.4 Å². The van der Waals surface area contributed by atoms with Gasteiger partial charge in [0.1, 0.15) is 17.2 Å². The molecule has 10 heteroatoms. The summed E-state index contributed by atoms with van der Waals surface area (Å²) in [4.78, 5) is 36.5. The van der Waals surface area contributed by atoms with Gasteiger partial charge in [0.05, 0.1) is 18.4 Å². The van der Waals surface area contributed by atoms with Crippen molar-refractivity contribution in [1.82, 2.24) is 5.32 Å². The Bertz CT molecular complexity index is 903. The van der Waals surface area contributed by atoms with Crippen molar-refractivity contribution in [3.05, 3.63) is 42.0 Å². The summed E-state index contributed by atoms with van der Waals surface area (Å²) in [7, 11) is 1.20. The van der Waals surface area contributed by atoms with Gasteiger partial charge in [0.25, 0.3) is 5.91 Å². The van der Waals surface area contributed by atoms with E-state index < -0.39 is 45.3 Å². The Balaban J connectivity index is 1.86. The van der Waals surface area contributed by atoms with Crippen LogP contribution in [0.15, 0.2) is 47.1 Å². The number of benzene rings is 1. The lowest BCUT2D eigenvalue weighted by Gasteiger charge is -2.51. The van der Waals surface area contributed by atoms with Crippen LogP contribution in [0.3, 0.4) is 0 Å². The first-order valence-electron chi connectivity index (χ1n) is 9.24. The van der Waals surface area contributed by atoms with Crippen molar-refractivity contribution in [2.45, 2.75) is 35.4 Å². The van der Waals surface area contributed by atoms with E-state index in [0.717, 1.165) is 6.08 Å². The van der Waals surface area contributed by atoms with Gasteiger partial charge in [0, 0.05) is 10.8 Å². The SMILES string of the molecule is COC(=O)C=C1[C@@H](NC(=O)COc2ccccc2)[C@H]2SC(C)(C)[C@H](C(=O)O)C12N=N. The summed E-state index contributed by atoms with van der Waals surface area (Å²) in [6.07, 6.45) is 1.13. The lowest BCUT2D eigenvalue weighted by atomic mass is 9.58. The summed E-state index contributed by atoms with van der Waals surface area (Å²) in [5, 5.41) is 15.8. The summed E-state index contributed by atoms with van der Waals surface area (Å²) < 4.78 is 9.38. The van der Waals surface area contributed by atoms with Crippen molar-refractivity contribution < 1.29 is 29.0 Å². The molecule has 0 bridgehead atoms. The first-order valence-corrected chi connectivity index (χ1v) is 10.1. The summed E-state index contributed by atoms with van der Waals surface area (Å²) >= 11 is 1.34. The number of carbonyl (C=O) groups excluding carboxylic acids is 2. The van der Waals surface area contributed by atoms with Crippen LogP contribution in [0, 0.1) is 11.4 Å². The zero-order valence-electron chi connectivity index (χ0n) is 16.7. The number of ether oxygens (including phenoxy) is 2. The average molecular weight is 433 g/mol. The Kier molecular flexibility index (Phi) is 5.89. The number of nitrogens with one attached hydrogen (secondary N) is 2. The Hall–Kier alpha value is -2.88. The van der Waals surface area contributed by atoms with Gasteiger partial charge >= 0.3 is 11.9 Å². The van der Waals surface area contributed by atoms with E-state index >= 15 is 0 Å². The second kappa shape index (κ2) is 8.10. The third kappa shape index (κ3) is 3.55. The van der Waals surface area contributed by atoms with Crippen molar-refractivity contribution in [2.24, 2.45) is 11.0 Å². The van der Waals surface area contributed by atoms with Crippen molar-refractivity contribution in [1.29, 1.82) is 5.53 Å². The van der Waals surface area contributed by atoms with Crippen LogP contribution in [0.25, 0.3) is 0 Å². The first kappa shape index (κ1) is 21.8. The van der Waals surface area contributed by atoms with Crippen LogP contribution < -0.4 is 10.1 Å². The number of rotatable bonds is 7. The van der Waals surface area contributed by atoms with Crippen molar-refractivity contribution in [3.8, 4) is 5.75 Å². The molecular weight excluding hydrogens is 410 g/mol. The number of carbonyl (C=O) groups is 3. The number of thioether (sulfide) groups is 1. The van der Waals surface area contributed by atoms with Crippen LogP contribution in [-0.4, -0.2) is 58.2 Å². The number of esters is 1. The lowest BCUT2D eigenvalue weighted by Crippen LogP contribution is -2.69. The number of carboxylic acid groups (broad SMARTS) is 1. The van der Waals surface area contributed by atoms with Gasteiger partial charge in [-0.25, -0.2) is 10.3 Å². The van der Waals surface area contributed by atoms with Gasteiger partial charge in [-0.1, -0.05) is 18.2 Å². The maximum atomic E-state index is 12.5. The Morgan fingerprint density at radius 2 is 1.97 bits per heavy atom. The van der Waals surface area contributed by atoms with E-state index in [9.17, 15) is 19.5 Å². The quantitative estimate of drug-likeness (QED) is 0.340. The molecule has 2 aliphatic rings. The summed E-state index contributed by atoms with van der Waals surface area (Å²) in [5.41, 5.74) is 6.63. The number of aliphatic carboxylic acids is 1. The predicted octanol–water partition coefficient (Wildman–Crippen LogP) is 2.03. The fraction of sp³-hybridized carbons (Fsp3) is 0.450. The zero-order valence-corrected chi connectivity index (χ0v) is 17.6. The molecule has 3 N–H and O–H groups in total. The highest BCUT2D eigenvalue weighted by atomic mass is 32.2. The minimum Gasteiger partial charge on any atom is -0.484 e. The van der Waals surface area contributed by atoms with Gasteiger partial charge in [-0.05, 0) is 31.6 Å². The largest absolute Gasteiger partial charge is 0.484 e. The van der Waals surface area contributed by atoms with Crippen molar-refractivity contribution >= 4 is 29.6 Å². The molecular formula is C20H23N3O6S.